The normalized spacial score (nSPS) is 10.0. The molecule has 0 atom stereocenters. The number of rotatable bonds is 5. The summed E-state index contributed by atoms with van der Waals surface area (Å²) in [5, 5.41) is 2.17. The molecule has 1 rings (SSSR count). The van der Waals surface area contributed by atoms with Gasteiger partial charge < -0.3 is 10.1 Å². The lowest BCUT2D eigenvalue weighted by atomic mass is 10.1. The Kier molecular flexibility index (Phi) is 4.22. The fourth-order valence-corrected chi connectivity index (χ4v) is 1.22. The number of ether oxygens (including phenoxy) is 1. The minimum absolute atomic E-state index is 0.00884. The average Bonchev–Trinajstić information content (AvgIpc) is 2.28. The predicted molar refractivity (Wildman–Crippen MR) is 56.6 cm³/mol. The molecule has 0 saturated carbocycles. The Labute approximate surface area is 92.4 Å². The molecule has 1 amide bonds. The second-order valence-corrected chi connectivity index (χ2v) is 3.28. The molecule has 0 aliphatic heterocycles. The Morgan fingerprint density at radius 3 is 2.75 bits per heavy atom. The molecule has 16 heavy (non-hydrogen) atoms. The number of hydrogen-bond acceptors (Lipinski definition) is 2. The van der Waals surface area contributed by atoms with Gasteiger partial charge in [0.2, 0.25) is 6.41 Å². The monoisotopic (exact) mass is 229 g/mol. The molecule has 0 heterocycles. The first-order chi connectivity index (χ1) is 7.61. The highest BCUT2D eigenvalue weighted by Crippen LogP contribution is 2.31. The maximum atomic E-state index is 13.6. The minimum Gasteiger partial charge on any atom is -0.491 e. The van der Waals surface area contributed by atoms with Gasteiger partial charge in [-0.25, -0.2) is 8.78 Å². The van der Waals surface area contributed by atoms with Crippen molar-refractivity contribution in [2.24, 2.45) is 0 Å². The summed E-state index contributed by atoms with van der Waals surface area (Å²) < 4.78 is 32.0. The number of benzene rings is 1. The zero-order valence-electron chi connectivity index (χ0n) is 9.14. The average molecular weight is 229 g/mol. The molecule has 0 saturated heterocycles. The van der Waals surface area contributed by atoms with Gasteiger partial charge >= 0.3 is 0 Å². The van der Waals surface area contributed by atoms with Crippen LogP contribution in [0.2, 0.25) is 0 Å². The zero-order valence-corrected chi connectivity index (χ0v) is 9.14. The largest absolute Gasteiger partial charge is 0.491 e. The molecule has 88 valence electrons. The lowest BCUT2D eigenvalue weighted by Crippen LogP contribution is -2.06. The van der Waals surface area contributed by atoms with Gasteiger partial charge in [-0.15, -0.1) is 0 Å². The number of halogens is 2. The van der Waals surface area contributed by atoms with E-state index in [1.807, 2.05) is 6.92 Å². The molecule has 1 N–H and O–H groups in total. The quantitative estimate of drug-likeness (QED) is 0.788. The molecular formula is C11H13F2NO2. The van der Waals surface area contributed by atoms with Crippen LogP contribution in [-0.4, -0.2) is 13.0 Å². The fraction of sp³-hybridized carbons (Fsp3) is 0.364. The van der Waals surface area contributed by atoms with E-state index in [1.165, 1.54) is 6.92 Å². The molecule has 0 bridgehead atoms. The van der Waals surface area contributed by atoms with Gasteiger partial charge in [0.15, 0.2) is 5.82 Å². The molecule has 0 aliphatic carbocycles. The van der Waals surface area contributed by atoms with Crippen molar-refractivity contribution in [3.8, 4) is 5.75 Å². The Balaban J connectivity index is 3.17. The summed E-state index contributed by atoms with van der Waals surface area (Å²) >= 11 is 0. The van der Waals surface area contributed by atoms with Crippen molar-refractivity contribution in [2.45, 2.75) is 20.3 Å². The Hall–Kier alpha value is -1.65. The van der Waals surface area contributed by atoms with Crippen molar-refractivity contribution in [3.63, 3.8) is 0 Å². The highest BCUT2D eigenvalue weighted by molar-refractivity contribution is 5.76. The third-order valence-corrected chi connectivity index (χ3v) is 2.08. The van der Waals surface area contributed by atoms with Crippen molar-refractivity contribution < 1.29 is 18.3 Å². The molecule has 1 aromatic rings. The molecule has 0 fully saturated rings. The SMILES string of the molecule is CCCOc1cc(F)c(C)c(F)c1NC=O. The van der Waals surface area contributed by atoms with Crippen LogP contribution in [0.4, 0.5) is 14.5 Å². The van der Waals surface area contributed by atoms with Gasteiger partial charge in [0.05, 0.1) is 6.61 Å². The number of carbonyl (C=O) groups is 1. The molecule has 1 aromatic carbocycles. The third kappa shape index (κ3) is 2.48. The number of carbonyl (C=O) groups excluding carboxylic acids is 1. The van der Waals surface area contributed by atoms with Crippen molar-refractivity contribution >= 4 is 12.1 Å². The van der Waals surface area contributed by atoms with E-state index in [0.29, 0.717) is 19.4 Å². The van der Waals surface area contributed by atoms with E-state index in [1.54, 1.807) is 0 Å². The highest BCUT2D eigenvalue weighted by Gasteiger charge is 2.16. The summed E-state index contributed by atoms with van der Waals surface area (Å²) in [6.07, 6.45) is 1.03. The van der Waals surface area contributed by atoms with Crippen molar-refractivity contribution in [1.82, 2.24) is 0 Å². The lowest BCUT2D eigenvalue weighted by Gasteiger charge is -2.12. The van der Waals surface area contributed by atoms with Crippen LogP contribution in [0.3, 0.4) is 0 Å². The van der Waals surface area contributed by atoms with Gasteiger partial charge in [-0.2, -0.15) is 0 Å². The number of nitrogens with one attached hydrogen (secondary N) is 1. The van der Waals surface area contributed by atoms with Gasteiger partial charge in [-0.3, -0.25) is 4.79 Å². The van der Waals surface area contributed by atoms with Crippen LogP contribution >= 0.6 is 0 Å². The smallest absolute Gasteiger partial charge is 0.211 e. The summed E-state index contributed by atoms with van der Waals surface area (Å²) in [4.78, 5) is 10.3. The fourth-order valence-electron chi connectivity index (χ4n) is 1.22. The molecule has 0 spiro atoms. The van der Waals surface area contributed by atoms with Crippen LogP contribution in [-0.2, 0) is 4.79 Å². The van der Waals surface area contributed by atoms with E-state index in [9.17, 15) is 13.6 Å². The minimum atomic E-state index is -0.807. The number of anilines is 1. The predicted octanol–water partition coefficient (Wildman–Crippen LogP) is 2.63. The molecule has 0 aliphatic rings. The van der Waals surface area contributed by atoms with Crippen molar-refractivity contribution in [2.75, 3.05) is 11.9 Å². The van der Waals surface area contributed by atoms with Gasteiger partial charge in [0.25, 0.3) is 0 Å². The summed E-state index contributed by atoms with van der Waals surface area (Å²) in [6.45, 7) is 3.49. The highest BCUT2D eigenvalue weighted by atomic mass is 19.1. The maximum Gasteiger partial charge on any atom is 0.211 e. The molecule has 5 heteroatoms. The Bertz CT molecular complexity index is 394. The summed E-state index contributed by atoms with van der Waals surface area (Å²) in [7, 11) is 0. The van der Waals surface area contributed by atoms with E-state index < -0.39 is 11.6 Å². The molecule has 0 unspecified atom stereocenters. The Morgan fingerprint density at radius 1 is 1.50 bits per heavy atom. The van der Waals surface area contributed by atoms with Gasteiger partial charge in [-0.05, 0) is 13.3 Å². The van der Waals surface area contributed by atoms with Crippen molar-refractivity contribution in [1.29, 1.82) is 0 Å². The molecule has 0 radical (unpaired) electrons. The van der Waals surface area contributed by atoms with Gasteiger partial charge in [-0.1, -0.05) is 6.92 Å². The van der Waals surface area contributed by atoms with E-state index in [4.69, 9.17) is 4.74 Å². The third-order valence-electron chi connectivity index (χ3n) is 2.08. The van der Waals surface area contributed by atoms with Gasteiger partial charge in [0, 0.05) is 11.6 Å². The van der Waals surface area contributed by atoms with Crippen LogP contribution in [0.5, 0.6) is 5.75 Å². The maximum absolute atomic E-state index is 13.6. The standard InChI is InChI=1S/C11H13F2NO2/c1-3-4-16-9-5-8(12)7(2)10(13)11(9)14-6-15/h5-6H,3-4H2,1-2H3,(H,14,15). The first kappa shape index (κ1) is 12.4. The first-order valence-corrected chi connectivity index (χ1v) is 4.93. The molecule has 0 aromatic heterocycles. The van der Waals surface area contributed by atoms with Crippen LogP contribution in [0.15, 0.2) is 6.07 Å². The molecular weight excluding hydrogens is 216 g/mol. The van der Waals surface area contributed by atoms with Gasteiger partial charge in [0.1, 0.15) is 17.3 Å². The number of hydrogen-bond donors (Lipinski definition) is 1. The second kappa shape index (κ2) is 5.44. The van der Waals surface area contributed by atoms with E-state index >= 15 is 0 Å². The topological polar surface area (TPSA) is 38.3 Å². The molecule has 3 nitrogen and oxygen atoms in total. The zero-order chi connectivity index (χ0) is 12.1. The van der Waals surface area contributed by atoms with Crippen LogP contribution < -0.4 is 10.1 Å². The Morgan fingerprint density at radius 2 is 2.19 bits per heavy atom. The van der Waals surface area contributed by atoms with E-state index in [0.717, 1.165) is 6.07 Å². The van der Waals surface area contributed by atoms with E-state index in [2.05, 4.69) is 5.32 Å². The second-order valence-electron chi connectivity index (χ2n) is 3.28. The summed E-state index contributed by atoms with van der Waals surface area (Å²) in [5.74, 6) is -1.49. The van der Waals surface area contributed by atoms with Crippen LogP contribution in [0, 0.1) is 18.6 Å². The summed E-state index contributed by atoms with van der Waals surface area (Å²) in [5.41, 5.74) is -0.268. The summed E-state index contributed by atoms with van der Waals surface area (Å²) in [6, 6.07) is 1.07. The van der Waals surface area contributed by atoms with Crippen molar-refractivity contribution in [3.05, 3.63) is 23.3 Å². The van der Waals surface area contributed by atoms with Crippen LogP contribution in [0.25, 0.3) is 0 Å². The lowest BCUT2D eigenvalue weighted by molar-refractivity contribution is -0.105. The number of amides is 1. The van der Waals surface area contributed by atoms with Crippen LogP contribution in [0.1, 0.15) is 18.9 Å². The van der Waals surface area contributed by atoms with E-state index in [-0.39, 0.29) is 17.0 Å². The first-order valence-electron chi connectivity index (χ1n) is 4.93.